The monoisotopic (exact) mass is 302 g/mol. The number of morpholine rings is 1. The van der Waals surface area contributed by atoms with Gasteiger partial charge in [-0.15, -0.1) is 0 Å². The predicted octanol–water partition coefficient (Wildman–Crippen LogP) is 2.36. The highest BCUT2D eigenvalue weighted by Crippen LogP contribution is 2.32. The van der Waals surface area contributed by atoms with Crippen LogP contribution in [0.4, 0.5) is 0 Å². The predicted molar refractivity (Wildman–Crippen MR) is 86.5 cm³/mol. The number of nitrogens with one attached hydrogen (secondary N) is 1. The summed E-state index contributed by atoms with van der Waals surface area (Å²) in [4.78, 5) is 15.0. The van der Waals surface area contributed by atoms with Crippen molar-refractivity contribution in [3.05, 3.63) is 35.9 Å². The van der Waals surface area contributed by atoms with Gasteiger partial charge >= 0.3 is 0 Å². The molecule has 4 nitrogen and oxygen atoms in total. The Balaban J connectivity index is 1.76. The second-order valence-corrected chi connectivity index (χ2v) is 7.01. The largest absolute Gasteiger partial charge is 0.369 e. The van der Waals surface area contributed by atoms with Gasteiger partial charge in [0.15, 0.2) is 0 Å². The molecule has 2 aliphatic rings. The summed E-state index contributed by atoms with van der Waals surface area (Å²) in [5.74, 6) is 0.393. The van der Waals surface area contributed by atoms with E-state index in [1.165, 1.54) is 0 Å². The Morgan fingerprint density at radius 3 is 2.77 bits per heavy atom. The standard InChI is InChI=1S/C18H26N2O2/c1-18(2)13-22-16(14-7-4-3-5-8-14)12-20(18)17(21)15-9-6-10-19-11-15/h3-5,7-8,15-16,19H,6,9-13H2,1-2H3. The van der Waals surface area contributed by atoms with Gasteiger partial charge < -0.3 is 15.0 Å². The molecule has 2 heterocycles. The number of hydrogen-bond donors (Lipinski definition) is 1. The lowest BCUT2D eigenvalue weighted by Crippen LogP contribution is -2.58. The lowest BCUT2D eigenvalue weighted by atomic mass is 9.92. The summed E-state index contributed by atoms with van der Waals surface area (Å²) < 4.78 is 6.04. The number of nitrogens with zero attached hydrogens (tertiary/aromatic N) is 1. The maximum atomic E-state index is 13.0. The Labute approximate surface area is 132 Å². The lowest BCUT2D eigenvalue weighted by molar-refractivity contribution is -0.159. The molecule has 1 N–H and O–H groups in total. The smallest absolute Gasteiger partial charge is 0.227 e. The number of piperidine rings is 1. The van der Waals surface area contributed by atoms with Crippen molar-refractivity contribution in [1.82, 2.24) is 10.2 Å². The molecule has 0 saturated carbocycles. The number of carbonyl (C=O) groups excluding carboxylic acids is 1. The van der Waals surface area contributed by atoms with Crippen LogP contribution in [0, 0.1) is 5.92 Å². The molecule has 2 unspecified atom stereocenters. The van der Waals surface area contributed by atoms with Gasteiger partial charge in [-0.3, -0.25) is 4.79 Å². The number of carbonyl (C=O) groups is 1. The van der Waals surface area contributed by atoms with E-state index in [9.17, 15) is 4.79 Å². The highest BCUT2D eigenvalue weighted by Gasteiger charge is 2.40. The van der Waals surface area contributed by atoms with E-state index in [1.807, 2.05) is 23.1 Å². The van der Waals surface area contributed by atoms with Gasteiger partial charge in [0.05, 0.1) is 24.6 Å². The zero-order valence-electron chi connectivity index (χ0n) is 13.5. The summed E-state index contributed by atoms with van der Waals surface area (Å²) in [5.41, 5.74) is 0.914. The zero-order valence-corrected chi connectivity index (χ0v) is 13.5. The number of benzene rings is 1. The third-order valence-electron chi connectivity index (χ3n) is 4.80. The van der Waals surface area contributed by atoms with Crippen LogP contribution in [0.2, 0.25) is 0 Å². The first-order valence-electron chi connectivity index (χ1n) is 8.27. The van der Waals surface area contributed by atoms with Crippen LogP contribution >= 0.6 is 0 Å². The average molecular weight is 302 g/mol. The Morgan fingerprint density at radius 2 is 2.09 bits per heavy atom. The first kappa shape index (κ1) is 15.5. The van der Waals surface area contributed by atoms with Crippen molar-refractivity contribution in [2.75, 3.05) is 26.2 Å². The molecule has 1 amide bonds. The molecule has 0 aromatic heterocycles. The van der Waals surface area contributed by atoms with Gasteiger partial charge in [0.25, 0.3) is 0 Å². The number of amides is 1. The molecule has 4 heteroatoms. The molecule has 1 aromatic rings. The normalized spacial score (nSPS) is 28.4. The van der Waals surface area contributed by atoms with E-state index in [4.69, 9.17) is 4.74 Å². The minimum absolute atomic E-state index is 0.0188. The van der Waals surface area contributed by atoms with E-state index in [0.717, 1.165) is 31.5 Å². The fraction of sp³-hybridized carbons (Fsp3) is 0.611. The molecule has 0 aliphatic carbocycles. The minimum atomic E-state index is -0.236. The van der Waals surface area contributed by atoms with Crippen molar-refractivity contribution < 1.29 is 9.53 Å². The van der Waals surface area contributed by atoms with Crippen LogP contribution in [0.25, 0.3) is 0 Å². The molecular weight excluding hydrogens is 276 g/mol. The highest BCUT2D eigenvalue weighted by molar-refractivity contribution is 5.80. The molecule has 2 atom stereocenters. The molecule has 3 rings (SSSR count). The third-order valence-corrected chi connectivity index (χ3v) is 4.80. The summed E-state index contributed by atoms with van der Waals surface area (Å²) in [6, 6.07) is 10.2. The SMILES string of the molecule is CC1(C)COC(c2ccccc2)CN1C(=O)C1CCCNC1. The fourth-order valence-corrected chi connectivity index (χ4v) is 3.39. The van der Waals surface area contributed by atoms with Gasteiger partial charge in [-0.2, -0.15) is 0 Å². The molecule has 0 radical (unpaired) electrons. The topological polar surface area (TPSA) is 41.6 Å². The van der Waals surface area contributed by atoms with Gasteiger partial charge in [0, 0.05) is 6.54 Å². The number of hydrogen-bond acceptors (Lipinski definition) is 3. The molecule has 22 heavy (non-hydrogen) atoms. The van der Waals surface area contributed by atoms with Crippen LogP contribution < -0.4 is 5.32 Å². The van der Waals surface area contributed by atoms with Gasteiger partial charge in [-0.05, 0) is 38.8 Å². The number of ether oxygens (including phenoxy) is 1. The Bertz CT molecular complexity index is 509. The van der Waals surface area contributed by atoms with Crippen LogP contribution in [0.15, 0.2) is 30.3 Å². The van der Waals surface area contributed by atoms with Crippen molar-refractivity contribution in [2.45, 2.75) is 38.3 Å². The van der Waals surface area contributed by atoms with Crippen LogP contribution in [0.3, 0.4) is 0 Å². The lowest BCUT2D eigenvalue weighted by Gasteiger charge is -2.47. The van der Waals surface area contributed by atoms with E-state index in [2.05, 4.69) is 31.3 Å². The van der Waals surface area contributed by atoms with Gasteiger partial charge in [0.2, 0.25) is 5.91 Å². The summed E-state index contributed by atoms with van der Waals surface area (Å²) in [7, 11) is 0. The van der Waals surface area contributed by atoms with Gasteiger partial charge in [-0.1, -0.05) is 30.3 Å². The van der Waals surface area contributed by atoms with Crippen molar-refractivity contribution >= 4 is 5.91 Å². The molecule has 0 spiro atoms. The Kier molecular flexibility index (Phi) is 4.50. The van der Waals surface area contributed by atoms with E-state index in [1.54, 1.807) is 0 Å². The Hall–Kier alpha value is -1.39. The third kappa shape index (κ3) is 3.18. The van der Waals surface area contributed by atoms with E-state index in [0.29, 0.717) is 13.2 Å². The van der Waals surface area contributed by atoms with E-state index in [-0.39, 0.29) is 23.5 Å². The molecule has 2 saturated heterocycles. The molecule has 0 bridgehead atoms. The van der Waals surface area contributed by atoms with Gasteiger partial charge in [0.1, 0.15) is 6.10 Å². The summed E-state index contributed by atoms with van der Waals surface area (Å²) >= 11 is 0. The minimum Gasteiger partial charge on any atom is -0.369 e. The van der Waals surface area contributed by atoms with Crippen molar-refractivity contribution in [2.24, 2.45) is 5.92 Å². The second kappa shape index (κ2) is 6.39. The summed E-state index contributed by atoms with van der Waals surface area (Å²) in [6.07, 6.45) is 2.06. The van der Waals surface area contributed by atoms with Gasteiger partial charge in [-0.25, -0.2) is 0 Å². The van der Waals surface area contributed by atoms with E-state index < -0.39 is 0 Å². The molecular formula is C18H26N2O2. The molecule has 2 fully saturated rings. The molecule has 2 aliphatic heterocycles. The Morgan fingerprint density at radius 1 is 1.32 bits per heavy atom. The zero-order chi connectivity index (χ0) is 15.6. The molecule has 1 aromatic carbocycles. The maximum Gasteiger partial charge on any atom is 0.227 e. The van der Waals surface area contributed by atoms with Crippen LogP contribution in [0.5, 0.6) is 0 Å². The second-order valence-electron chi connectivity index (χ2n) is 7.01. The highest BCUT2D eigenvalue weighted by atomic mass is 16.5. The first-order chi connectivity index (χ1) is 10.6. The fourth-order valence-electron chi connectivity index (χ4n) is 3.39. The summed E-state index contributed by atoms with van der Waals surface area (Å²) in [5, 5.41) is 3.35. The molecule has 120 valence electrons. The first-order valence-corrected chi connectivity index (χ1v) is 8.27. The van der Waals surface area contributed by atoms with Crippen molar-refractivity contribution in [1.29, 1.82) is 0 Å². The quantitative estimate of drug-likeness (QED) is 0.912. The average Bonchev–Trinajstić information content (AvgIpc) is 2.56. The number of rotatable bonds is 2. The maximum absolute atomic E-state index is 13.0. The van der Waals surface area contributed by atoms with Crippen molar-refractivity contribution in [3.63, 3.8) is 0 Å². The van der Waals surface area contributed by atoms with Crippen LogP contribution in [-0.4, -0.2) is 42.6 Å². The van der Waals surface area contributed by atoms with Crippen LogP contribution in [0.1, 0.15) is 38.4 Å². The van der Waals surface area contributed by atoms with Crippen molar-refractivity contribution in [3.8, 4) is 0 Å². The summed E-state index contributed by atoms with van der Waals surface area (Å²) in [6.45, 7) is 7.26. The van der Waals surface area contributed by atoms with Crippen LogP contribution in [-0.2, 0) is 9.53 Å². The van der Waals surface area contributed by atoms with E-state index >= 15 is 0 Å².